The van der Waals surface area contributed by atoms with E-state index in [0.717, 1.165) is 16.8 Å². The third-order valence-electron chi connectivity index (χ3n) is 2.85. The van der Waals surface area contributed by atoms with Crippen molar-refractivity contribution in [2.45, 2.75) is 13.0 Å². The van der Waals surface area contributed by atoms with E-state index in [1.54, 1.807) is 18.3 Å². The van der Waals surface area contributed by atoms with Crippen molar-refractivity contribution in [1.29, 1.82) is 0 Å². The van der Waals surface area contributed by atoms with Crippen molar-refractivity contribution in [3.05, 3.63) is 65.2 Å². The van der Waals surface area contributed by atoms with Gasteiger partial charge < -0.3 is 5.32 Å². The number of benzene rings is 1. The molecule has 1 N–H and O–H groups in total. The van der Waals surface area contributed by atoms with Gasteiger partial charge in [0.25, 0.3) is 0 Å². The zero-order valence-corrected chi connectivity index (χ0v) is 9.94. The molecule has 2 nitrogen and oxygen atoms in total. The zero-order valence-electron chi connectivity index (χ0n) is 9.94. The molecule has 0 saturated carbocycles. The number of aryl methyl sites for hydroxylation is 1. The molecule has 0 amide bonds. The predicted octanol–water partition coefficient (Wildman–Crippen LogP) is 2.84. The van der Waals surface area contributed by atoms with Crippen LogP contribution in [0.1, 0.15) is 22.9 Å². The Morgan fingerprint density at radius 1 is 1.18 bits per heavy atom. The lowest BCUT2D eigenvalue weighted by Gasteiger charge is -2.18. The molecule has 3 heteroatoms. The molecule has 1 aromatic carbocycles. The minimum atomic E-state index is -0.216. The van der Waals surface area contributed by atoms with Gasteiger partial charge in [-0.05, 0) is 43.3 Å². The highest BCUT2D eigenvalue weighted by Crippen LogP contribution is 2.23. The molecular formula is C14H15FN2. The number of rotatable bonds is 3. The Morgan fingerprint density at radius 3 is 2.47 bits per heavy atom. The molecule has 17 heavy (non-hydrogen) atoms. The largest absolute Gasteiger partial charge is 0.309 e. The van der Waals surface area contributed by atoms with E-state index in [4.69, 9.17) is 0 Å². The van der Waals surface area contributed by atoms with Gasteiger partial charge in [-0.1, -0.05) is 18.2 Å². The molecule has 0 bridgehead atoms. The first-order valence-corrected chi connectivity index (χ1v) is 5.56. The van der Waals surface area contributed by atoms with Crippen molar-refractivity contribution in [2.24, 2.45) is 0 Å². The van der Waals surface area contributed by atoms with Crippen molar-refractivity contribution in [3.8, 4) is 0 Å². The summed E-state index contributed by atoms with van der Waals surface area (Å²) in [7, 11) is 1.89. The lowest BCUT2D eigenvalue weighted by atomic mass is 9.98. The van der Waals surface area contributed by atoms with Crippen LogP contribution in [0, 0.1) is 12.7 Å². The van der Waals surface area contributed by atoms with Crippen LogP contribution in [0.4, 0.5) is 4.39 Å². The molecule has 0 saturated heterocycles. The van der Waals surface area contributed by atoms with E-state index >= 15 is 0 Å². The summed E-state index contributed by atoms with van der Waals surface area (Å²) in [6, 6.07) is 10.5. The van der Waals surface area contributed by atoms with Crippen molar-refractivity contribution < 1.29 is 4.39 Å². The minimum absolute atomic E-state index is 0.0456. The number of aromatic nitrogens is 1. The molecule has 0 aliphatic rings. The maximum atomic E-state index is 12.9. The molecule has 2 aromatic rings. The molecule has 0 spiro atoms. The van der Waals surface area contributed by atoms with Crippen LogP contribution in [0.2, 0.25) is 0 Å². The lowest BCUT2D eigenvalue weighted by Crippen LogP contribution is -2.19. The summed E-state index contributed by atoms with van der Waals surface area (Å²) in [5.41, 5.74) is 3.13. The summed E-state index contributed by atoms with van der Waals surface area (Å²) in [6.07, 6.45) is 1.77. The Balaban J connectivity index is 2.40. The molecule has 0 fully saturated rings. The maximum absolute atomic E-state index is 12.9. The quantitative estimate of drug-likeness (QED) is 0.877. The molecule has 88 valence electrons. The Kier molecular flexibility index (Phi) is 3.49. The molecule has 1 heterocycles. The number of nitrogens with zero attached hydrogens (tertiary/aromatic N) is 1. The SMILES string of the molecule is CNC(c1ccc(F)cc1)c1cccnc1C. The first-order chi connectivity index (χ1) is 8.22. The minimum Gasteiger partial charge on any atom is -0.309 e. The third-order valence-corrected chi connectivity index (χ3v) is 2.85. The highest BCUT2D eigenvalue weighted by atomic mass is 19.1. The Bertz CT molecular complexity index is 494. The first kappa shape index (κ1) is 11.7. The number of hydrogen-bond donors (Lipinski definition) is 1. The van der Waals surface area contributed by atoms with E-state index in [1.165, 1.54) is 12.1 Å². The second-order valence-electron chi connectivity index (χ2n) is 3.95. The molecule has 0 aliphatic carbocycles. The van der Waals surface area contributed by atoms with E-state index in [0.29, 0.717) is 0 Å². The fraction of sp³-hybridized carbons (Fsp3) is 0.214. The number of hydrogen-bond acceptors (Lipinski definition) is 2. The highest BCUT2D eigenvalue weighted by Gasteiger charge is 2.14. The fourth-order valence-electron chi connectivity index (χ4n) is 1.96. The molecule has 1 aromatic heterocycles. The smallest absolute Gasteiger partial charge is 0.123 e. The molecular weight excluding hydrogens is 215 g/mol. The standard InChI is InChI=1S/C14H15FN2/c1-10-13(4-3-9-17-10)14(16-2)11-5-7-12(15)8-6-11/h3-9,14,16H,1-2H3. The maximum Gasteiger partial charge on any atom is 0.123 e. The highest BCUT2D eigenvalue weighted by molar-refractivity contribution is 5.33. The van der Waals surface area contributed by atoms with Crippen molar-refractivity contribution in [1.82, 2.24) is 10.3 Å². The monoisotopic (exact) mass is 230 g/mol. The summed E-state index contributed by atoms with van der Waals surface area (Å²) >= 11 is 0. The van der Waals surface area contributed by atoms with Gasteiger partial charge in [0, 0.05) is 11.9 Å². The van der Waals surface area contributed by atoms with Gasteiger partial charge in [-0.25, -0.2) is 4.39 Å². The van der Waals surface area contributed by atoms with E-state index in [2.05, 4.69) is 10.3 Å². The van der Waals surface area contributed by atoms with Crippen LogP contribution in [-0.2, 0) is 0 Å². The van der Waals surface area contributed by atoms with Gasteiger partial charge in [-0.2, -0.15) is 0 Å². The normalized spacial score (nSPS) is 12.4. The van der Waals surface area contributed by atoms with Crippen LogP contribution >= 0.6 is 0 Å². The third kappa shape index (κ3) is 2.50. The van der Waals surface area contributed by atoms with Gasteiger partial charge in [0.1, 0.15) is 5.82 Å². The van der Waals surface area contributed by atoms with Crippen LogP contribution < -0.4 is 5.32 Å². The average Bonchev–Trinajstić information content (AvgIpc) is 2.35. The summed E-state index contributed by atoms with van der Waals surface area (Å²) in [6.45, 7) is 1.98. The van der Waals surface area contributed by atoms with Crippen LogP contribution in [0.5, 0.6) is 0 Å². The van der Waals surface area contributed by atoms with Crippen LogP contribution in [0.3, 0.4) is 0 Å². The van der Waals surface area contributed by atoms with E-state index < -0.39 is 0 Å². The Morgan fingerprint density at radius 2 is 1.88 bits per heavy atom. The van der Waals surface area contributed by atoms with Crippen molar-refractivity contribution in [2.75, 3.05) is 7.05 Å². The second-order valence-corrected chi connectivity index (χ2v) is 3.95. The van der Waals surface area contributed by atoms with E-state index in [1.807, 2.05) is 26.1 Å². The first-order valence-electron chi connectivity index (χ1n) is 5.56. The van der Waals surface area contributed by atoms with Gasteiger partial charge in [-0.3, -0.25) is 4.98 Å². The second kappa shape index (κ2) is 5.06. The summed E-state index contributed by atoms with van der Waals surface area (Å²) in [4.78, 5) is 4.28. The number of pyridine rings is 1. The zero-order chi connectivity index (χ0) is 12.3. The summed E-state index contributed by atoms with van der Waals surface area (Å²) in [5.74, 6) is -0.216. The van der Waals surface area contributed by atoms with Gasteiger partial charge >= 0.3 is 0 Å². The lowest BCUT2D eigenvalue weighted by molar-refractivity contribution is 0.623. The Labute approximate surface area is 101 Å². The number of nitrogens with one attached hydrogen (secondary N) is 1. The van der Waals surface area contributed by atoms with Gasteiger partial charge in [-0.15, -0.1) is 0 Å². The molecule has 0 aliphatic heterocycles. The van der Waals surface area contributed by atoms with Crippen molar-refractivity contribution >= 4 is 0 Å². The van der Waals surface area contributed by atoms with Gasteiger partial charge in [0.15, 0.2) is 0 Å². The van der Waals surface area contributed by atoms with Crippen LogP contribution in [0.15, 0.2) is 42.6 Å². The summed E-state index contributed by atoms with van der Waals surface area (Å²) < 4.78 is 12.9. The topological polar surface area (TPSA) is 24.9 Å². The fourth-order valence-corrected chi connectivity index (χ4v) is 1.96. The summed E-state index contributed by atoms with van der Waals surface area (Å²) in [5, 5.41) is 3.23. The molecule has 2 rings (SSSR count). The predicted molar refractivity (Wildman–Crippen MR) is 66.3 cm³/mol. The number of halogens is 1. The van der Waals surface area contributed by atoms with Crippen LogP contribution in [-0.4, -0.2) is 12.0 Å². The van der Waals surface area contributed by atoms with Crippen molar-refractivity contribution in [3.63, 3.8) is 0 Å². The average molecular weight is 230 g/mol. The van der Waals surface area contributed by atoms with E-state index in [-0.39, 0.29) is 11.9 Å². The molecule has 0 radical (unpaired) electrons. The molecule has 1 unspecified atom stereocenters. The molecule has 1 atom stereocenters. The van der Waals surface area contributed by atoms with E-state index in [9.17, 15) is 4.39 Å². The van der Waals surface area contributed by atoms with Crippen LogP contribution in [0.25, 0.3) is 0 Å². The van der Waals surface area contributed by atoms with Gasteiger partial charge in [0.05, 0.1) is 6.04 Å². The van der Waals surface area contributed by atoms with Gasteiger partial charge in [0.2, 0.25) is 0 Å². The Hall–Kier alpha value is -1.74.